The van der Waals surface area contributed by atoms with Crippen molar-refractivity contribution in [1.82, 2.24) is 9.55 Å². The van der Waals surface area contributed by atoms with Gasteiger partial charge in [0.25, 0.3) is 0 Å². The number of rotatable bonds is 4. The van der Waals surface area contributed by atoms with Crippen molar-refractivity contribution in [3.63, 3.8) is 0 Å². The summed E-state index contributed by atoms with van der Waals surface area (Å²) in [6.07, 6.45) is 4.58. The van der Waals surface area contributed by atoms with Crippen molar-refractivity contribution < 1.29 is 14.2 Å². The van der Waals surface area contributed by atoms with Crippen molar-refractivity contribution in [2.24, 2.45) is 0 Å². The number of aliphatic hydroxyl groups is 1. The monoisotopic (exact) mass is 262 g/mol. The van der Waals surface area contributed by atoms with Gasteiger partial charge in [0.1, 0.15) is 17.7 Å². The zero-order valence-electron chi connectivity index (χ0n) is 10.6. The molecular formula is C14H15FN2O2. The number of imidazole rings is 1. The van der Waals surface area contributed by atoms with Crippen LogP contribution in [0.4, 0.5) is 4.39 Å². The van der Waals surface area contributed by atoms with Crippen LogP contribution in [-0.2, 0) is 0 Å². The maximum atomic E-state index is 13.4. The molecular weight excluding hydrogens is 247 g/mol. The van der Waals surface area contributed by atoms with Gasteiger partial charge in [-0.1, -0.05) is 0 Å². The van der Waals surface area contributed by atoms with Crippen LogP contribution in [0, 0.1) is 5.82 Å². The summed E-state index contributed by atoms with van der Waals surface area (Å²) in [4.78, 5) is 4.08. The quantitative estimate of drug-likeness (QED) is 0.920. The second-order valence-corrected chi connectivity index (χ2v) is 4.75. The van der Waals surface area contributed by atoms with Gasteiger partial charge in [-0.15, -0.1) is 0 Å². The number of aliphatic hydroxyl groups excluding tert-OH is 1. The third-order valence-corrected chi connectivity index (χ3v) is 3.40. The third-order valence-electron chi connectivity index (χ3n) is 3.40. The second kappa shape index (κ2) is 4.66. The van der Waals surface area contributed by atoms with Crippen LogP contribution >= 0.6 is 0 Å². The van der Waals surface area contributed by atoms with Gasteiger partial charge in [0, 0.05) is 11.6 Å². The Bertz CT molecular complexity index is 593. The Balaban J connectivity index is 2.00. The van der Waals surface area contributed by atoms with Crippen LogP contribution in [0.15, 0.2) is 30.7 Å². The van der Waals surface area contributed by atoms with Gasteiger partial charge in [-0.05, 0) is 31.0 Å². The van der Waals surface area contributed by atoms with E-state index in [9.17, 15) is 9.50 Å². The average molecular weight is 262 g/mol. The summed E-state index contributed by atoms with van der Waals surface area (Å²) in [5.41, 5.74) is 1.09. The molecule has 2 aromatic rings. The Labute approximate surface area is 110 Å². The van der Waals surface area contributed by atoms with E-state index in [4.69, 9.17) is 4.74 Å². The highest BCUT2D eigenvalue weighted by Gasteiger charge is 2.28. The molecule has 1 aliphatic rings. The fourth-order valence-electron chi connectivity index (χ4n) is 2.26. The minimum absolute atomic E-state index is 0.396. The topological polar surface area (TPSA) is 47.3 Å². The molecule has 0 saturated heterocycles. The summed E-state index contributed by atoms with van der Waals surface area (Å²) in [5, 5.41) is 10.5. The summed E-state index contributed by atoms with van der Waals surface area (Å²) in [7, 11) is 1.50. The molecule has 3 rings (SSSR count). The molecule has 0 amide bonds. The molecule has 0 bridgehead atoms. The predicted molar refractivity (Wildman–Crippen MR) is 67.5 cm³/mol. The zero-order valence-corrected chi connectivity index (χ0v) is 10.6. The highest BCUT2D eigenvalue weighted by molar-refractivity contribution is 5.39. The number of hydrogen-bond acceptors (Lipinski definition) is 3. The van der Waals surface area contributed by atoms with Crippen LogP contribution in [0.3, 0.4) is 0 Å². The second-order valence-electron chi connectivity index (χ2n) is 4.75. The first-order valence-electron chi connectivity index (χ1n) is 6.24. The van der Waals surface area contributed by atoms with Gasteiger partial charge in [-0.3, -0.25) is 0 Å². The lowest BCUT2D eigenvalue weighted by Crippen LogP contribution is -2.08. The number of ether oxygens (including phenoxy) is 1. The van der Waals surface area contributed by atoms with E-state index in [1.807, 2.05) is 4.57 Å². The molecule has 1 aliphatic carbocycles. The van der Waals surface area contributed by atoms with Crippen molar-refractivity contribution >= 4 is 0 Å². The normalized spacial score (nSPS) is 16.4. The zero-order chi connectivity index (χ0) is 13.4. The molecule has 0 spiro atoms. The van der Waals surface area contributed by atoms with Crippen molar-refractivity contribution in [1.29, 1.82) is 0 Å². The molecule has 100 valence electrons. The lowest BCUT2D eigenvalue weighted by atomic mass is 10.1. The van der Waals surface area contributed by atoms with Crippen molar-refractivity contribution in [3.05, 3.63) is 47.8 Å². The Morgan fingerprint density at radius 3 is 2.95 bits per heavy atom. The molecule has 1 unspecified atom stereocenters. The number of hydrogen-bond donors (Lipinski definition) is 1. The molecule has 1 fully saturated rings. The number of aromatic nitrogens is 2. The van der Waals surface area contributed by atoms with E-state index >= 15 is 0 Å². The van der Waals surface area contributed by atoms with Gasteiger partial charge in [0.2, 0.25) is 0 Å². The molecule has 0 radical (unpaired) electrons. The Morgan fingerprint density at radius 2 is 2.26 bits per heavy atom. The number of halogens is 1. The molecule has 4 nitrogen and oxygen atoms in total. The molecule has 19 heavy (non-hydrogen) atoms. The van der Waals surface area contributed by atoms with Gasteiger partial charge in [0.15, 0.2) is 0 Å². The molecule has 0 aliphatic heterocycles. The maximum Gasteiger partial charge on any atom is 0.125 e. The summed E-state index contributed by atoms with van der Waals surface area (Å²) in [6, 6.07) is 4.54. The lowest BCUT2D eigenvalue weighted by molar-refractivity contribution is 0.204. The lowest BCUT2D eigenvalue weighted by Gasteiger charge is -2.16. The largest absolute Gasteiger partial charge is 0.496 e. The Morgan fingerprint density at radius 1 is 1.47 bits per heavy atom. The van der Waals surface area contributed by atoms with E-state index in [2.05, 4.69) is 4.98 Å². The standard InChI is InChI=1S/C14H15FN2O2/c1-19-13-5-2-9(15)6-11(13)14(18)12-7-16-8-17(12)10-3-4-10/h2,5-8,10,14,18H,3-4H2,1H3. The fraction of sp³-hybridized carbons (Fsp3) is 0.357. The van der Waals surface area contributed by atoms with Crippen LogP contribution in [0.1, 0.15) is 36.2 Å². The van der Waals surface area contributed by atoms with Crippen LogP contribution in [0.5, 0.6) is 5.75 Å². The van der Waals surface area contributed by atoms with Crippen LogP contribution in [0.2, 0.25) is 0 Å². The average Bonchev–Trinajstić information content (AvgIpc) is 3.15. The van der Waals surface area contributed by atoms with E-state index in [1.54, 1.807) is 12.5 Å². The Hall–Kier alpha value is -1.88. The van der Waals surface area contributed by atoms with E-state index in [0.717, 1.165) is 12.8 Å². The first-order chi connectivity index (χ1) is 9.20. The van der Waals surface area contributed by atoms with Gasteiger partial charge in [0.05, 0.1) is 25.3 Å². The first kappa shape index (κ1) is 12.2. The minimum atomic E-state index is -0.936. The minimum Gasteiger partial charge on any atom is -0.496 e. The van der Waals surface area contributed by atoms with Gasteiger partial charge in [-0.25, -0.2) is 9.37 Å². The van der Waals surface area contributed by atoms with Gasteiger partial charge < -0.3 is 14.4 Å². The van der Waals surface area contributed by atoms with Crippen LogP contribution < -0.4 is 4.74 Å². The van der Waals surface area contributed by atoms with Crippen molar-refractivity contribution in [2.45, 2.75) is 25.0 Å². The molecule has 1 aromatic heterocycles. The smallest absolute Gasteiger partial charge is 0.125 e. The SMILES string of the molecule is COc1ccc(F)cc1C(O)c1cncn1C1CC1. The van der Waals surface area contributed by atoms with E-state index < -0.39 is 11.9 Å². The molecule has 5 heteroatoms. The summed E-state index contributed by atoms with van der Waals surface area (Å²) >= 11 is 0. The highest BCUT2D eigenvalue weighted by atomic mass is 19.1. The summed E-state index contributed by atoms with van der Waals surface area (Å²) in [5.74, 6) is 0.0739. The molecule has 1 atom stereocenters. The van der Waals surface area contributed by atoms with E-state index in [-0.39, 0.29) is 0 Å². The summed E-state index contributed by atoms with van der Waals surface area (Å²) < 4.78 is 20.5. The molecule has 1 heterocycles. The molecule has 1 saturated carbocycles. The van der Waals surface area contributed by atoms with Gasteiger partial charge >= 0.3 is 0 Å². The van der Waals surface area contributed by atoms with Crippen LogP contribution in [0.25, 0.3) is 0 Å². The number of benzene rings is 1. The van der Waals surface area contributed by atoms with Crippen LogP contribution in [-0.4, -0.2) is 21.8 Å². The maximum absolute atomic E-state index is 13.4. The predicted octanol–water partition coefficient (Wildman–Crippen LogP) is 2.45. The first-order valence-corrected chi connectivity index (χ1v) is 6.24. The third kappa shape index (κ3) is 2.21. The van der Waals surface area contributed by atoms with Crippen molar-refractivity contribution in [2.75, 3.05) is 7.11 Å². The molecule has 1 aromatic carbocycles. The Kier molecular flexibility index (Phi) is 2.98. The van der Waals surface area contributed by atoms with Crippen molar-refractivity contribution in [3.8, 4) is 5.75 Å². The van der Waals surface area contributed by atoms with E-state index in [1.165, 1.54) is 25.3 Å². The molecule has 1 N–H and O–H groups in total. The number of methoxy groups -OCH3 is 1. The van der Waals surface area contributed by atoms with Gasteiger partial charge in [-0.2, -0.15) is 0 Å². The highest BCUT2D eigenvalue weighted by Crippen LogP contribution is 2.39. The number of nitrogens with zero attached hydrogens (tertiary/aromatic N) is 2. The fourth-order valence-corrected chi connectivity index (χ4v) is 2.26. The summed E-state index contributed by atoms with van der Waals surface area (Å²) in [6.45, 7) is 0. The van der Waals surface area contributed by atoms with E-state index in [0.29, 0.717) is 23.0 Å².